The number of nitrogens with one attached hydrogen (secondary N) is 7. The van der Waals surface area contributed by atoms with Gasteiger partial charge in [-0.05, 0) is 39.1 Å². The Bertz CT molecular complexity index is 1330. The summed E-state index contributed by atoms with van der Waals surface area (Å²) >= 11 is 0. The average Bonchev–Trinajstić information content (AvgIpc) is 3.14. The van der Waals surface area contributed by atoms with Gasteiger partial charge in [0.25, 0.3) is 0 Å². The van der Waals surface area contributed by atoms with E-state index >= 15 is 0 Å². The van der Waals surface area contributed by atoms with Crippen LogP contribution in [0.1, 0.15) is 33.6 Å². The van der Waals surface area contributed by atoms with Crippen molar-refractivity contribution in [3.8, 4) is 34.1 Å². The Morgan fingerprint density at radius 1 is 0.680 bits per heavy atom. The summed E-state index contributed by atoms with van der Waals surface area (Å²) in [5.41, 5.74) is 1.66. The van der Waals surface area contributed by atoms with Crippen LogP contribution in [-0.2, 0) is 0 Å². The van der Waals surface area contributed by atoms with E-state index < -0.39 is 0 Å². The molecular weight excluding hydrogens is 636 g/mol. The van der Waals surface area contributed by atoms with Gasteiger partial charge in [0.15, 0.2) is 29.0 Å². The fourth-order valence-corrected chi connectivity index (χ4v) is 4.83. The van der Waals surface area contributed by atoms with Crippen molar-refractivity contribution < 1.29 is 18.9 Å². The Hall–Kier alpha value is -4.27. The lowest BCUT2D eigenvalue weighted by Crippen LogP contribution is -2.50. The first-order valence-electron chi connectivity index (χ1n) is 17.5. The maximum atomic E-state index is 6.54. The van der Waals surface area contributed by atoms with E-state index in [1.165, 1.54) is 0 Å². The van der Waals surface area contributed by atoms with Crippen molar-refractivity contribution in [1.82, 2.24) is 37.2 Å². The van der Waals surface area contributed by atoms with E-state index in [1.54, 1.807) is 14.1 Å². The first kappa shape index (κ1) is 41.9. The molecule has 0 bridgehead atoms. The minimum atomic E-state index is -0.0509. The number of amidine groups is 2. The molecule has 1 atom stereocenters. The zero-order valence-electron chi connectivity index (χ0n) is 31.7. The van der Waals surface area contributed by atoms with Crippen molar-refractivity contribution in [3.05, 3.63) is 36.4 Å². The average molecular weight is 699 g/mol. The van der Waals surface area contributed by atoms with E-state index in [1.807, 2.05) is 71.5 Å². The third-order valence-corrected chi connectivity index (χ3v) is 7.90. The minimum absolute atomic E-state index is 0.0509. The van der Waals surface area contributed by atoms with E-state index in [0.717, 1.165) is 35.6 Å². The molecule has 0 fully saturated rings. The number of nitrogens with zero attached hydrogens (tertiary/aromatic N) is 3. The highest BCUT2D eigenvalue weighted by atomic mass is 16.5. The molecule has 0 saturated carbocycles. The lowest BCUT2D eigenvalue weighted by molar-refractivity contribution is 0.261. The Morgan fingerprint density at radius 2 is 1.22 bits per heavy atom. The Labute approximate surface area is 299 Å². The lowest BCUT2D eigenvalue weighted by atomic mass is 10.0. The van der Waals surface area contributed by atoms with Crippen LogP contribution in [0, 0.1) is 5.92 Å². The first-order chi connectivity index (χ1) is 24.3. The first-order valence-corrected chi connectivity index (χ1v) is 17.5. The molecular formula is C36H62N10O4. The van der Waals surface area contributed by atoms with Gasteiger partial charge in [0.2, 0.25) is 0 Å². The second kappa shape index (κ2) is 24.8. The molecule has 0 aliphatic heterocycles. The van der Waals surface area contributed by atoms with E-state index in [9.17, 15) is 0 Å². The summed E-state index contributed by atoms with van der Waals surface area (Å²) < 4.78 is 25.6. The molecule has 14 heteroatoms. The zero-order chi connectivity index (χ0) is 36.6. The van der Waals surface area contributed by atoms with Crippen LogP contribution in [0.4, 0.5) is 0 Å². The molecule has 0 saturated heterocycles. The van der Waals surface area contributed by atoms with Crippen LogP contribution in [0.25, 0.3) is 11.1 Å². The fourth-order valence-electron chi connectivity index (χ4n) is 4.83. The predicted octanol–water partition coefficient (Wildman–Crippen LogP) is 2.67. The molecule has 14 nitrogen and oxygen atoms in total. The third kappa shape index (κ3) is 14.7. The SMILES string of the molecule is CCC(C)CC(=NC)NCCOc1c(OCCNC(C)=NC)cccc1-c1cccc(OCCNC(=NC)NC)c1OCCNC(NC)NC. The van der Waals surface area contributed by atoms with Crippen LogP contribution >= 0.6 is 0 Å². The van der Waals surface area contributed by atoms with Crippen molar-refractivity contribution in [2.45, 2.75) is 39.9 Å². The maximum absolute atomic E-state index is 6.54. The largest absolute Gasteiger partial charge is 0.488 e. The van der Waals surface area contributed by atoms with Gasteiger partial charge in [-0.2, -0.15) is 0 Å². The fraction of sp³-hybridized carbons (Fsp3) is 0.583. The van der Waals surface area contributed by atoms with Crippen molar-refractivity contribution >= 4 is 17.6 Å². The van der Waals surface area contributed by atoms with Crippen molar-refractivity contribution in [1.29, 1.82) is 0 Å². The van der Waals surface area contributed by atoms with Gasteiger partial charge in [-0.15, -0.1) is 0 Å². The number of guanidine groups is 1. The molecule has 0 heterocycles. The number of aliphatic imine (C=N–C) groups is 3. The molecule has 0 amide bonds. The van der Waals surface area contributed by atoms with E-state index in [2.05, 4.69) is 66.0 Å². The molecule has 0 aliphatic rings. The molecule has 1 unspecified atom stereocenters. The Balaban J connectivity index is 2.44. The Morgan fingerprint density at radius 3 is 1.72 bits per heavy atom. The summed E-state index contributed by atoms with van der Waals surface area (Å²) in [6, 6.07) is 11.8. The number of hydrogen-bond acceptors (Lipinski definition) is 10. The van der Waals surface area contributed by atoms with Crippen LogP contribution in [0.5, 0.6) is 23.0 Å². The molecule has 280 valence electrons. The van der Waals surface area contributed by atoms with Gasteiger partial charge in [0.05, 0.1) is 31.3 Å². The predicted molar refractivity (Wildman–Crippen MR) is 207 cm³/mol. The summed E-state index contributed by atoms with van der Waals surface area (Å²) in [5.74, 6) is 5.54. The van der Waals surface area contributed by atoms with Crippen molar-refractivity contribution in [2.24, 2.45) is 20.9 Å². The van der Waals surface area contributed by atoms with Crippen LogP contribution in [0.3, 0.4) is 0 Å². The van der Waals surface area contributed by atoms with Crippen LogP contribution in [0.2, 0.25) is 0 Å². The van der Waals surface area contributed by atoms with Gasteiger partial charge in [0.1, 0.15) is 32.7 Å². The highest BCUT2D eigenvalue weighted by Crippen LogP contribution is 2.45. The highest BCUT2D eigenvalue weighted by molar-refractivity contribution is 5.82. The topological polar surface area (TPSA) is 158 Å². The molecule has 0 aromatic heterocycles. The maximum Gasteiger partial charge on any atom is 0.190 e. The molecule has 2 rings (SSSR count). The number of hydrogen-bond donors (Lipinski definition) is 7. The second-order valence-corrected chi connectivity index (χ2v) is 11.4. The van der Waals surface area contributed by atoms with Gasteiger partial charge in [-0.1, -0.05) is 44.5 Å². The molecule has 0 radical (unpaired) electrons. The van der Waals surface area contributed by atoms with E-state index in [-0.39, 0.29) is 6.29 Å². The molecule has 50 heavy (non-hydrogen) atoms. The second-order valence-electron chi connectivity index (χ2n) is 11.4. The molecule has 7 N–H and O–H groups in total. The molecule has 2 aromatic carbocycles. The van der Waals surface area contributed by atoms with Gasteiger partial charge in [-0.3, -0.25) is 30.9 Å². The minimum Gasteiger partial charge on any atom is -0.488 e. The van der Waals surface area contributed by atoms with Gasteiger partial charge < -0.3 is 40.2 Å². The molecule has 2 aromatic rings. The number of para-hydroxylation sites is 2. The number of rotatable bonds is 23. The zero-order valence-corrected chi connectivity index (χ0v) is 31.7. The summed E-state index contributed by atoms with van der Waals surface area (Å²) in [6.45, 7) is 10.3. The van der Waals surface area contributed by atoms with Gasteiger partial charge in [0, 0.05) is 52.3 Å². The third-order valence-electron chi connectivity index (χ3n) is 7.90. The van der Waals surface area contributed by atoms with Crippen LogP contribution < -0.4 is 56.2 Å². The summed E-state index contributed by atoms with van der Waals surface area (Å²) in [6.07, 6.45) is 1.94. The summed E-state index contributed by atoms with van der Waals surface area (Å²) in [5, 5.41) is 22.7. The molecule has 0 aliphatic carbocycles. The normalized spacial score (nSPS) is 12.8. The van der Waals surface area contributed by atoms with E-state index in [4.69, 9.17) is 18.9 Å². The molecule has 0 spiro atoms. The van der Waals surface area contributed by atoms with Crippen molar-refractivity contribution in [2.75, 3.05) is 94.9 Å². The Kier molecular flexibility index (Phi) is 20.8. The lowest BCUT2D eigenvalue weighted by Gasteiger charge is -2.22. The number of benzene rings is 2. The van der Waals surface area contributed by atoms with Crippen LogP contribution in [0.15, 0.2) is 51.4 Å². The number of ether oxygens (including phenoxy) is 4. The van der Waals surface area contributed by atoms with Crippen molar-refractivity contribution in [3.63, 3.8) is 0 Å². The van der Waals surface area contributed by atoms with Gasteiger partial charge >= 0.3 is 0 Å². The monoisotopic (exact) mass is 698 g/mol. The van der Waals surface area contributed by atoms with E-state index in [0.29, 0.717) is 87.5 Å². The summed E-state index contributed by atoms with van der Waals surface area (Å²) in [7, 11) is 10.9. The van der Waals surface area contributed by atoms with Gasteiger partial charge in [-0.25, -0.2) is 0 Å². The quantitative estimate of drug-likeness (QED) is 0.0396. The van der Waals surface area contributed by atoms with Crippen LogP contribution in [-0.4, -0.2) is 119 Å². The highest BCUT2D eigenvalue weighted by Gasteiger charge is 2.20. The standard InChI is InChI=1S/C36H62N10O4/c1-10-26(2)25-32(38-5)44-18-23-49-33-28(13-11-15-30(33)47-21-17-43-27(3)37-4)29-14-12-16-31(48-22-19-45-35(39-6)40-7)34(29)50-24-20-46-36(41-8)42-9/h11-16,26,36,41-42,46H,10,17-25H2,1-9H3,(H,37,43)(H,38,44)(H2,39,40,45). The summed E-state index contributed by atoms with van der Waals surface area (Å²) in [4.78, 5) is 12.8. The smallest absolute Gasteiger partial charge is 0.190 e.